The monoisotopic (exact) mass is 215 g/mol. The smallest absolute Gasteiger partial charge is 0.270 e. The molecule has 0 fully saturated rings. The minimum Gasteiger partial charge on any atom is -0.270 e. The number of hydrogen-bond acceptors (Lipinski definition) is 3. The second-order valence-corrected chi connectivity index (χ2v) is 6.26. The number of sulfonamides is 1. The fourth-order valence-corrected chi connectivity index (χ4v) is 3.37. The van der Waals surface area contributed by atoms with Crippen molar-refractivity contribution in [3.05, 3.63) is 0 Å². The van der Waals surface area contributed by atoms with E-state index < -0.39 is 17.6 Å². The zero-order valence-corrected chi connectivity index (χ0v) is 8.57. The van der Waals surface area contributed by atoms with E-state index >= 15 is 0 Å². The standard InChI is InChI=1S/C4H14N3O3PS/c1-2-3-4-12(9,10)7-11(5,6)8/h2-4H2,1H3,(H5,5,6,7,8). The molecule has 0 aliphatic heterocycles. The van der Waals surface area contributed by atoms with Crippen LogP contribution in [0.15, 0.2) is 0 Å². The summed E-state index contributed by atoms with van der Waals surface area (Å²) in [4.78, 5) is 0. The molecule has 0 amide bonds. The Morgan fingerprint density at radius 1 is 1.42 bits per heavy atom. The Balaban J connectivity index is 4.16. The van der Waals surface area contributed by atoms with Gasteiger partial charge in [0.2, 0.25) is 10.0 Å². The average molecular weight is 215 g/mol. The van der Waals surface area contributed by atoms with E-state index in [9.17, 15) is 13.0 Å². The van der Waals surface area contributed by atoms with Gasteiger partial charge >= 0.3 is 0 Å². The minimum absolute atomic E-state index is 0.0953. The van der Waals surface area contributed by atoms with Crippen LogP contribution in [0.4, 0.5) is 0 Å². The van der Waals surface area contributed by atoms with Crippen LogP contribution in [0.25, 0.3) is 0 Å². The van der Waals surface area contributed by atoms with E-state index in [0.717, 1.165) is 6.42 Å². The molecule has 0 aliphatic carbocycles. The topological polar surface area (TPSA) is 115 Å². The predicted octanol–water partition coefficient (Wildman–Crippen LogP) is -0.269. The molecule has 0 saturated carbocycles. The molecule has 6 nitrogen and oxygen atoms in total. The van der Waals surface area contributed by atoms with E-state index in [0.29, 0.717) is 6.42 Å². The van der Waals surface area contributed by atoms with Crippen LogP contribution in [0.2, 0.25) is 0 Å². The SMILES string of the molecule is CCCCS(=O)(=O)NP(N)(N)=O. The van der Waals surface area contributed by atoms with E-state index in [2.05, 4.69) is 0 Å². The summed E-state index contributed by atoms with van der Waals surface area (Å²) in [5.74, 6) is -0.0953. The van der Waals surface area contributed by atoms with Crippen molar-refractivity contribution in [1.29, 1.82) is 0 Å². The van der Waals surface area contributed by atoms with Crippen molar-refractivity contribution in [1.82, 2.24) is 4.49 Å². The lowest BCUT2D eigenvalue weighted by Crippen LogP contribution is -2.30. The summed E-state index contributed by atoms with van der Waals surface area (Å²) in [6.07, 6.45) is 1.23. The highest BCUT2D eigenvalue weighted by molar-refractivity contribution is 7.95. The fraction of sp³-hybridized carbons (Fsp3) is 1.00. The Morgan fingerprint density at radius 3 is 2.25 bits per heavy atom. The van der Waals surface area contributed by atoms with Crippen molar-refractivity contribution in [3.8, 4) is 0 Å². The summed E-state index contributed by atoms with van der Waals surface area (Å²) in [7, 11) is -7.23. The number of hydrogen-bond donors (Lipinski definition) is 3. The van der Waals surface area contributed by atoms with Crippen LogP contribution in [0, 0.1) is 0 Å². The molecular formula is C4H14N3O3PS. The second kappa shape index (κ2) is 4.34. The van der Waals surface area contributed by atoms with Gasteiger partial charge in [-0.25, -0.2) is 8.42 Å². The Kier molecular flexibility index (Phi) is 4.36. The molecule has 5 N–H and O–H groups in total. The van der Waals surface area contributed by atoms with E-state index in [1.54, 1.807) is 4.49 Å². The highest BCUT2D eigenvalue weighted by Gasteiger charge is 2.18. The maximum absolute atomic E-state index is 11.0. The van der Waals surface area contributed by atoms with Gasteiger partial charge < -0.3 is 0 Å². The normalized spacial score (nSPS) is 13.2. The van der Waals surface area contributed by atoms with Crippen LogP contribution >= 0.6 is 7.59 Å². The maximum Gasteiger partial charge on any atom is 0.287 e. The summed E-state index contributed by atoms with van der Waals surface area (Å²) in [6.45, 7) is 1.85. The van der Waals surface area contributed by atoms with Crippen molar-refractivity contribution in [3.63, 3.8) is 0 Å². The van der Waals surface area contributed by atoms with Gasteiger partial charge in [0.25, 0.3) is 7.59 Å². The largest absolute Gasteiger partial charge is 0.287 e. The number of rotatable bonds is 5. The first kappa shape index (κ1) is 12.1. The Morgan fingerprint density at radius 2 is 1.92 bits per heavy atom. The van der Waals surface area contributed by atoms with Gasteiger partial charge in [-0.3, -0.25) is 15.6 Å². The van der Waals surface area contributed by atoms with Crippen LogP contribution in [0.5, 0.6) is 0 Å². The van der Waals surface area contributed by atoms with Gasteiger partial charge in [0, 0.05) is 0 Å². The molecule has 8 heteroatoms. The molecule has 0 aliphatic rings. The van der Waals surface area contributed by atoms with Crippen molar-refractivity contribution in [2.75, 3.05) is 5.75 Å². The highest BCUT2D eigenvalue weighted by atomic mass is 32.2. The summed E-state index contributed by atoms with van der Waals surface area (Å²) in [6, 6.07) is 0. The second-order valence-electron chi connectivity index (χ2n) is 2.47. The maximum atomic E-state index is 11.0. The first-order valence-corrected chi connectivity index (χ1v) is 6.95. The van der Waals surface area contributed by atoms with Crippen molar-refractivity contribution in [2.24, 2.45) is 11.0 Å². The zero-order chi connectivity index (χ0) is 9.83. The molecular weight excluding hydrogens is 201 g/mol. The lowest BCUT2D eigenvalue weighted by atomic mass is 10.4. The molecule has 0 heterocycles. The third kappa shape index (κ3) is 6.75. The molecule has 12 heavy (non-hydrogen) atoms. The van der Waals surface area contributed by atoms with Crippen molar-refractivity contribution < 1.29 is 13.0 Å². The van der Waals surface area contributed by atoms with Gasteiger partial charge in [-0.1, -0.05) is 13.3 Å². The predicted molar refractivity (Wildman–Crippen MR) is 47.8 cm³/mol. The lowest BCUT2D eigenvalue weighted by molar-refractivity contribution is 0.566. The van der Waals surface area contributed by atoms with Crippen LogP contribution in [-0.4, -0.2) is 14.2 Å². The van der Waals surface area contributed by atoms with Gasteiger partial charge in [-0.15, -0.1) is 4.49 Å². The van der Waals surface area contributed by atoms with Crippen LogP contribution in [0.1, 0.15) is 19.8 Å². The first-order chi connectivity index (χ1) is 5.27. The molecule has 0 saturated heterocycles. The molecule has 0 spiro atoms. The number of nitrogens with one attached hydrogen (secondary N) is 1. The van der Waals surface area contributed by atoms with Crippen LogP contribution in [-0.2, 0) is 14.6 Å². The van der Waals surface area contributed by atoms with Crippen molar-refractivity contribution in [2.45, 2.75) is 19.8 Å². The van der Waals surface area contributed by atoms with Crippen LogP contribution < -0.4 is 15.5 Å². The Bertz CT molecular complexity index is 269. The molecule has 0 unspecified atom stereocenters. The van der Waals surface area contributed by atoms with Gasteiger partial charge in [0.15, 0.2) is 0 Å². The highest BCUT2D eigenvalue weighted by Crippen LogP contribution is 2.19. The fourth-order valence-electron chi connectivity index (χ4n) is 0.597. The molecule has 0 aromatic rings. The van der Waals surface area contributed by atoms with Gasteiger partial charge in [-0.2, -0.15) is 0 Å². The number of unbranched alkanes of at least 4 members (excludes halogenated alkanes) is 1. The van der Waals surface area contributed by atoms with Crippen LogP contribution in [0.3, 0.4) is 0 Å². The van der Waals surface area contributed by atoms with E-state index in [1.807, 2.05) is 6.92 Å². The number of nitrogens with two attached hydrogens (primary N) is 2. The summed E-state index contributed by atoms with van der Waals surface area (Å²) in [5.41, 5.74) is 9.67. The Hall–Kier alpha value is 0.0600. The zero-order valence-electron chi connectivity index (χ0n) is 6.86. The third-order valence-corrected chi connectivity index (χ3v) is 4.13. The molecule has 0 radical (unpaired) electrons. The molecule has 74 valence electrons. The summed E-state index contributed by atoms with van der Waals surface area (Å²) in [5, 5.41) is 0. The van der Waals surface area contributed by atoms with E-state index in [-0.39, 0.29) is 5.75 Å². The summed E-state index contributed by atoms with van der Waals surface area (Å²) >= 11 is 0. The van der Waals surface area contributed by atoms with E-state index in [1.165, 1.54) is 0 Å². The first-order valence-electron chi connectivity index (χ1n) is 3.46. The molecule has 0 bridgehead atoms. The third-order valence-electron chi connectivity index (χ3n) is 1.05. The average Bonchev–Trinajstić information content (AvgIpc) is 1.78. The van der Waals surface area contributed by atoms with Gasteiger partial charge in [-0.05, 0) is 6.42 Å². The minimum atomic E-state index is -3.67. The van der Waals surface area contributed by atoms with Gasteiger partial charge in [0.05, 0.1) is 5.75 Å². The van der Waals surface area contributed by atoms with Gasteiger partial charge in [0.1, 0.15) is 0 Å². The lowest BCUT2D eigenvalue weighted by Gasteiger charge is -2.08. The Labute approximate surface area is 72.3 Å². The van der Waals surface area contributed by atoms with E-state index in [4.69, 9.17) is 11.0 Å². The molecule has 0 atom stereocenters. The summed E-state index contributed by atoms with van der Waals surface area (Å²) < 4.78 is 34.3. The molecule has 0 aromatic carbocycles. The quantitative estimate of drug-likeness (QED) is 0.546. The van der Waals surface area contributed by atoms with Crippen molar-refractivity contribution >= 4 is 17.6 Å². The molecule has 0 aromatic heterocycles. The molecule has 0 rings (SSSR count).